The van der Waals surface area contributed by atoms with E-state index in [2.05, 4.69) is 24.1 Å². The first-order valence-electron chi connectivity index (χ1n) is 8.42. The molecule has 23 heavy (non-hydrogen) atoms. The number of amides is 2. The molecule has 0 radical (unpaired) electrons. The van der Waals surface area contributed by atoms with Crippen molar-refractivity contribution in [3.63, 3.8) is 0 Å². The summed E-state index contributed by atoms with van der Waals surface area (Å²) in [6.45, 7) is 10.1. The molecule has 2 atom stereocenters. The van der Waals surface area contributed by atoms with Crippen LogP contribution < -0.4 is 5.32 Å². The van der Waals surface area contributed by atoms with Crippen molar-refractivity contribution in [2.75, 3.05) is 59.4 Å². The maximum absolute atomic E-state index is 12.5. The van der Waals surface area contributed by atoms with Crippen molar-refractivity contribution in [3.8, 4) is 0 Å². The van der Waals surface area contributed by atoms with E-state index in [0.29, 0.717) is 24.9 Å². The number of piperazine rings is 1. The van der Waals surface area contributed by atoms with Gasteiger partial charge in [0.2, 0.25) is 11.8 Å². The highest BCUT2D eigenvalue weighted by molar-refractivity contribution is 5.85. The van der Waals surface area contributed by atoms with Crippen molar-refractivity contribution in [2.45, 2.75) is 20.3 Å². The standard InChI is InChI=1S/C16H30N4O2.ClH/c1-13-8-14(2)11-20(10-13)16(22)12-18-4-6-19(7-5-18)15(21)9-17-3;/h13-14,17H,4-12H2,1-3H3;1H. The fourth-order valence-electron chi connectivity index (χ4n) is 3.58. The van der Waals surface area contributed by atoms with E-state index in [0.717, 1.165) is 39.3 Å². The van der Waals surface area contributed by atoms with Crippen molar-refractivity contribution < 1.29 is 9.59 Å². The molecule has 2 heterocycles. The first-order chi connectivity index (χ1) is 10.5. The van der Waals surface area contributed by atoms with E-state index in [9.17, 15) is 9.59 Å². The van der Waals surface area contributed by atoms with Gasteiger partial charge in [0.1, 0.15) is 0 Å². The molecule has 2 rings (SSSR count). The summed E-state index contributed by atoms with van der Waals surface area (Å²) in [4.78, 5) is 30.4. The van der Waals surface area contributed by atoms with Crippen LogP contribution in [-0.2, 0) is 9.59 Å². The molecule has 6 nitrogen and oxygen atoms in total. The number of hydrogen-bond acceptors (Lipinski definition) is 4. The Morgan fingerprint density at radius 2 is 1.52 bits per heavy atom. The largest absolute Gasteiger partial charge is 0.341 e. The van der Waals surface area contributed by atoms with Gasteiger partial charge in [-0.05, 0) is 25.3 Å². The fourth-order valence-corrected chi connectivity index (χ4v) is 3.58. The zero-order chi connectivity index (χ0) is 16.1. The molecule has 0 aromatic rings. The van der Waals surface area contributed by atoms with Crippen molar-refractivity contribution in [1.82, 2.24) is 20.0 Å². The summed E-state index contributed by atoms with van der Waals surface area (Å²) in [6.07, 6.45) is 1.22. The van der Waals surface area contributed by atoms with Gasteiger partial charge >= 0.3 is 0 Å². The Labute approximate surface area is 146 Å². The van der Waals surface area contributed by atoms with Gasteiger partial charge in [-0.2, -0.15) is 0 Å². The number of halogens is 1. The molecule has 7 heteroatoms. The third kappa shape index (κ3) is 5.94. The molecule has 0 aromatic heterocycles. The zero-order valence-corrected chi connectivity index (χ0v) is 15.4. The highest BCUT2D eigenvalue weighted by Crippen LogP contribution is 2.21. The number of hydrogen-bond donors (Lipinski definition) is 1. The number of carbonyl (C=O) groups excluding carboxylic acids is 2. The Kier molecular flexibility index (Phi) is 8.29. The zero-order valence-electron chi connectivity index (χ0n) is 14.6. The molecule has 2 saturated heterocycles. The molecule has 0 aliphatic carbocycles. The average Bonchev–Trinajstić information content (AvgIpc) is 2.47. The minimum Gasteiger partial charge on any atom is -0.341 e. The normalized spacial score (nSPS) is 25.9. The number of likely N-dealkylation sites (tertiary alicyclic amines) is 1. The smallest absolute Gasteiger partial charge is 0.236 e. The Balaban J connectivity index is 0.00000264. The van der Waals surface area contributed by atoms with Crippen LogP contribution >= 0.6 is 12.4 Å². The molecule has 2 aliphatic heterocycles. The summed E-state index contributed by atoms with van der Waals surface area (Å²) in [6, 6.07) is 0. The van der Waals surface area contributed by atoms with Gasteiger partial charge in [-0.25, -0.2) is 0 Å². The lowest BCUT2D eigenvalue weighted by Gasteiger charge is -2.38. The predicted molar refractivity (Wildman–Crippen MR) is 93.7 cm³/mol. The SMILES string of the molecule is CNCC(=O)N1CCN(CC(=O)N2CC(C)CC(C)C2)CC1.Cl. The lowest BCUT2D eigenvalue weighted by atomic mass is 9.92. The molecule has 0 spiro atoms. The van der Waals surface area contributed by atoms with Crippen molar-refractivity contribution in [2.24, 2.45) is 11.8 Å². The molecule has 0 saturated carbocycles. The van der Waals surface area contributed by atoms with Crippen LogP contribution in [-0.4, -0.2) is 85.9 Å². The van der Waals surface area contributed by atoms with Crippen molar-refractivity contribution in [3.05, 3.63) is 0 Å². The molecule has 134 valence electrons. The van der Waals surface area contributed by atoms with Crippen LogP contribution in [0.4, 0.5) is 0 Å². The lowest BCUT2D eigenvalue weighted by Crippen LogP contribution is -2.53. The predicted octanol–water partition coefficient (Wildman–Crippen LogP) is 0.276. The average molecular weight is 347 g/mol. The van der Waals surface area contributed by atoms with Crippen LogP contribution in [0.1, 0.15) is 20.3 Å². The summed E-state index contributed by atoms with van der Waals surface area (Å²) in [5.41, 5.74) is 0. The van der Waals surface area contributed by atoms with Crippen LogP contribution in [0.5, 0.6) is 0 Å². The Morgan fingerprint density at radius 3 is 2.04 bits per heavy atom. The summed E-state index contributed by atoms with van der Waals surface area (Å²) >= 11 is 0. The Hall–Kier alpha value is -0.850. The maximum atomic E-state index is 12.5. The molecule has 2 aliphatic rings. The third-order valence-corrected chi connectivity index (χ3v) is 4.63. The first-order valence-corrected chi connectivity index (χ1v) is 8.42. The van der Waals surface area contributed by atoms with E-state index in [4.69, 9.17) is 0 Å². The van der Waals surface area contributed by atoms with E-state index in [1.54, 1.807) is 7.05 Å². The topological polar surface area (TPSA) is 55.9 Å². The van der Waals surface area contributed by atoms with Gasteiger partial charge in [0, 0.05) is 39.3 Å². The highest BCUT2D eigenvalue weighted by atomic mass is 35.5. The second-order valence-electron chi connectivity index (χ2n) is 6.93. The molecular weight excluding hydrogens is 316 g/mol. The van der Waals surface area contributed by atoms with Gasteiger partial charge in [0.25, 0.3) is 0 Å². The number of carbonyl (C=O) groups is 2. The van der Waals surface area contributed by atoms with Crippen LogP contribution in [0.25, 0.3) is 0 Å². The summed E-state index contributed by atoms with van der Waals surface area (Å²) in [5, 5.41) is 2.89. The molecule has 0 bridgehead atoms. The fraction of sp³-hybridized carbons (Fsp3) is 0.875. The molecule has 0 aromatic carbocycles. The second-order valence-corrected chi connectivity index (χ2v) is 6.93. The summed E-state index contributed by atoms with van der Waals surface area (Å²) in [7, 11) is 1.79. The minimum absolute atomic E-state index is 0. The third-order valence-electron chi connectivity index (χ3n) is 4.63. The second kappa shape index (κ2) is 9.45. The van der Waals surface area contributed by atoms with Crippen LogP contribution in [0.2, 0.25) is 0 Å². The number of piperidine rings is 1. The number of nitrogens with zero attached hydrogens (tertiary/aromatic N) is 3. The molecular formula is C16H31ClN4O2. The lowest BCUT2D eigenvalue weighted by molar-refractivity contribution is -0.136. The van der Waals surface area contributed by atoms with Crippen molar-refractivity contribution in [1.29, 1.82) is 0 Å². The van der Waals surface area contributed by atoms with Gasteiger partial charge in [0.05, 0.1) is 13.1 Å². The molecule has 2 fully saturated rings. The van der Waals surface area contributed by atoms with Crippen LogP contribution in [0.15, 0.2) is 0 Å². The number of likely N-dealkylation sites (N-methyl/N-ethyl adjacent to an activating group) is 1. The Morgan fingerprint density at radius 1 is 0.957 bits per heavy atom. The monoisotopic (exact) mass is 346 g/mol. The van der Waals surface area contributed by atoms with E-state index >= 15 is 0 Å². The van der Waals surface area contributed by atoms with E-state index < -0.39 is 0 Å². The quantitative estimate of drug-likeness (QED) is 0.794. The van der Waals surface area contributed by atoms with Gasteiger partial charge in [0.15, 0.2) is 0 Å². The molecule has 2 unspecified atom stereocenters. The number of nitrogens with one attached hydrogen (secondary N) is 1. The minimum atomic E-state index is 0. The van der Waals surface area contributed by atoms with Gasteiger partial charge < -0.3 is 15.1 Å². The molecule has 2 amide bonds. The van der Waals surface area contributed by atoms with Gasteiger partial charge in [-0.1, -0.05) is 13.8 Å². The highest BCUT2D eigenvalue weighted by Gasteiger charge is 2.28. The van der Waals surface area contributed by atoms with Crippen molar-refractivity contribution >= 4 is 24.2 Å². The van der Waals surface area contributed by atoms with Gasteiger partial charge in [-0.15, -0.1) is 12.4 Å². The van der Waals surface area contributed by atoms with Crippen LogP contribution in [0, 0.1) is 11.8 Å². The van der Waals surface area contributed by atoms with E-state index in [-0.39, 0.29) is 24.2 Å². The Bertz CT molecular complexity index is 390. The number of rotatable bonds is 4. The van der Waals surface area contributed by atoms with Gasteiger partial charge in [-0.3, -0.25) is 14.5 Å². The van der Waals surface area contributed by atoms with Crippen LogP contribution in [0.3, 0.4) is 0 Å². The summed E-state index contributed by atoms with van der Waals surface area (Å²) < 4.78 is 0. The molecule has 1 N–H and O–H groups in total. The summed E-state index contributed by atoms with van der Waals surface area (Å²) in [5.74, 6) is 1.59. The van der Waals surface area contributed by atoms with E-state index in [1.807, 2.05) is 9.80 Å². The first kappa shape index (κ1) is 20.2. The maximum Gasteiger partial charge on any atom is 0.236 e. The van der Waals surface area contributed by atoms with E-state index in [1.165, 1.54) is 6.42 Å².